The number of halogens is 2. The molecule has 1 amide bonds. The molecule has 0 fully saturated rings. The van der Waals surface area contributed by atoms with Gasteiger partial charge in [-0.2, -0.15) is 0 Å². The number of benzene rings is 2. The lowest BCUT2D eigenvalue weighted by Crippen LogP contribution is -2.41. The Hall–Kier alpha value is -2.15. The first kappa shape index (κ1) is 20.6. The summed E-state index contributed by atoms with van der Waals surface area (Å²) in [7, 11) is 0. The summed E-state index contributed by atoms with van der Waals surface area (Å²) in [4.78, 5) is 16.6. The van der Waals surface area contributed by atoms with Gasteiger partial charge >= 0.3 is 0 Å². The van der Waals surface area contributed by atoms with Crippen molar-refractivity contribution in [2.45, 2.75) is 27.7 Å². The molecule has 0 saturated heterocycles. The van der Waals surface area contributed by atoms with Gasteiger partial charge in [0.2, 0.25) is 11.8 Å². The molecule has 8 heteroatoms. The minimum atomic E-state index is -0.540. The van der Waals surface area contributed by atoms with Crippen LogP contribution in [0.5, 0.6) is 0 Å². The van der Waals surface area contributed by atoms with E-state index in [1.54, 1.807) is 12.1 Å². The third-order valence-corrected chi connectivity index (χ3v) is 4.75. The number of rotatable bonds is 2. The molecule has 2 N–H and O–H groups in total. The average Bonchev–Trinajstić information content (AvgIpc) is 3.00. The van der Waals surface area contributed by atoms with Gasteiger partial charge in [-0.25, -0.2) is 4.98 Å². The first-order valence-electron chi connectivity index (χ1n) is 8.53. The van der Waals surface area contributed by atoms with Crippen molar-refractivity contribution in [3.05, 3.63) is 45.9 Å². The number of amides is 1. The molecule has 146 valence electrons. The minimum absolute atomic E-state index is 0.163. The zero-order valence-corrected chi connectivity index (χ0v) is 18.1. The highest BCUT2D eigenvalue weighted by Gasteiger charge is 2.22. The molecule has 0 aliphatic rings. The first-order valence-corrected chi connectivity index (χ1v) is 9.70. The summed E-state index contributed by atoms with van der Waals surface area (Å²) in [6.07, 6.45) is 0. The van der Waals surface area contributed by atoms with E-state index in [4.69, 9.17) is 39.8 Å². The Morgan fingerprint density at radius 3 is 2.57 bits per heavy atom. The summed E-state index contributed by atoms with van der Waals surface area (Å²) in [5.41, 5.74) is 2.94. The van der Waals surface area contributed by atoms with E-state index >= 15 is 0 Å². The minimum Gasteiger partial charge on any atom is -0.435 e. The van der Waals surface area contributed by atoms with E-state index in [2.05, 4.69) is 15.6 Å². The lowest BCUT2D eigenvalue weighted by molar-refractivity contribution is -0.126. The number of aromatic nitrogens is 1. The van der Waals surface area contributed by atoms with Crippen molar-refractivity contribution in [2.75, 3.05) is 5.32 Å². The lowest BCUT2D eigenvalue weighted by atomic mass is 9.96. The summed E-state index contributed by atoms with van der Waals surface area (Å²) in [6, 6.07) is 8.96. The lowest BCUT2D eigenvalue weighted by Gasteiger charge is -2.19. The molecule has 0 unspecified atom stereocenters. The molecule has 3 rings (SSSR count). The fraction of sp³-hybridized carbons (Fsp3) is 0.250. The Labute approximate surface area is 178 Å². The molecule has 1 aromatic heterocycles. The normalized spacial score (nSPS) is 11.5. The molecule has 1 heterocycles. The SMILES string of the molecule is Cc1ccc(-c2nc3cc(Cl)cc(Cl)c3o2)cc1NC(=S)NC(=O)C(C)(C)C. The van der Waals surface area contributed by atoms with Crippen LogP contribution in [0.1, 0.15) is 26.3 Å². The Kier molecular flexibility index (Phi) is 5.66. The van der Waals surface area contributed by atoms with E-state index in [0.717, 1.165) is 16.8 Å². The van der Waals surface area contributed by atoms with Crippen molar-refractivity contribution in [1.29, 1.82) is 0 Å². The molecule has 0 aliphatic heterocycles. The highest BCUT2D eigenvalue weighted by atomic mass is 35.5. The van der Waals surface area contributed by atoms with Gasteiger partial charge < -0.3 is 15.1 Å². The molecule has 0 saturated carbocycles. The van der Waals surface area contributed by atoms with Crippen molar-refractivity contribution in [3.63, 3.8) is 0 Å². The summed E-state index contributed by atoms with van der Waals surface area (Å²) in [5, 5.41) is 6.88. The monoisotopic (exact) mass is 435 g/mol. The maximum absolute atomic E-state index is 12.1. The number of nitrogens with one attached hydrogen (secondary N) is 2. The number of oxazole rings is 1. The van der Waals surface area contributed by atoms with Crippen molar-refractivity contribution in [2.24, 2.45) is 5.41 Å². The molecular formula is C20H19Cl2N3O2S. The van der Waals surface area contributed by atoms with Crippen molar-refractivity contribution >= 4 is 63.2 Å². The topological polar surface area (TPSA) is 67.2 Å². The van der Waals surface area contributed by atoms with E-state index in [-0.39, 0.29) is 11.0 Å². The molecule has 2 aromatic carbocycles. The van der Waals surface area contributed by atoms with Crippen molar-refractivity contribution < 1.29 is 9.21 Å². The largest absolute Gasteiger partial charge is 0.435 e. The van der Waals surface area contributed by atoms with Gasteiger partial charge in [0, 0.05) is 21.7 Å². The number of hydrogen-bond donors (Lipinski definition) is 2. The van der Waals surface area contributed by atoms with Gasteiger partial charge in [0.05, 0.1) is 5.02 Å². The molecule has 3 aromatic rings. The fourth-order valence-corrected chi connectivity index (χ4v) is 3.14. The molecule has 0 bridgehead atoms. The molecule has 0 aliphatic carbocycles. The highest BCUT2D eigenvalue weighted by molar-refractivity contribution is 7.80. The Bertz CT molecular complexity index is 1090. The predicted octanol–water partition coefficient (Wildman–Crippen LogP) is 5.97. The maximum Gasteiger partial charge on any atom is 0.231 e. The molecule has 0 atom stereocenters. The van der Waals surface area contributed by atoms with Crippen LogP contribution in [0, 0.1) is 12.3 Å². The van der Waals surface area contributed by atoms with E-state index in [9.17, 15) is 4.79 Å². The number of nitrogens with zero attached hydrogens (tertiary/aromatic N) is 1. The van der Waals surface area contributed by atoms with Crippen LogP contribution in [0.2, 0.25) is 10.0 Å². The number of hydrogen-bond acceptors (Lipinski definition) is 4. The number of carbonyl (C=O) groups excluding carboxylic acids is 1. The third-order valence-electron chi connectivity index (χ3n) is 4.05. The zero-order chi connectivity index (χ0) is 20.6. The maximum atomic E-state index is 12.1. The van der Waals surface area contributed by atoms with Crippen LogP contribution in [0.15, 0.2) is 34.7 Å². The van der Waals surface area contributed by atoms with Crippen LogP contribution in [-0.2, 0) is 4.79 Å². The van der Waals surface area contributed by atoms with Crippen LogP contribution >= 0.6 is 35.4 Å². The van der Waals surface area contributed by atoms with Crippen LogP contribution in [0.25, 0.3) is 22.6 Å². The summed E-state index contributed by atoms with van der Waals surface area (Å²) >= 11 is 17.5. The van der Waals surface area contributed by atoms with Gasteiger partial charge in [0.15, 0.2) is 10.7 Å². The molecule has 28 heavy (non-hydrogen) atoms. The van der Waals surface area contributed by atoms with Gasteiger partial charge in [0.1, 0.15) is 5.52 Å². The molecule has 5 nitrogen and oxygen atoms in total. The van der Waals surface area contributed by atoms with Crippen LogP contribution in [-0.4, -0.2) is 16.0 Å². The van der Waals surface area contributed by atoms with Crippen LogP contribution in [0.3, 0.4) is 0 Å². The Morgan fingerprint density at radius 2 is 1.89 bits per heavy atom. The standard InChI is InChI=1S/C20H19Cl2N3O2S/c1-10-5-6-11(7-14(10)24-19(28)25-18(26)20(2,3)4)17-23-15-9-12(21)8-13(22)16(15)27-17/h5-9H,1-4H3,(H2,24,25,26,28). The number of thiocarbonyl (C=S) groups is 1. The molecule has 0 spiro atoms. The number of fused-ring (bicyclic) bond motifs is 1. The quantitative estimate of drug-likeness (QED) is 0.485. The van der Waals surface area contributed by atoms with Gasteiger partial charge in [-0.1, -0.05) is 50.0 Å². The number of anilines is 1. The first-order chi connectivity index (χ1) is 13.0. The van der Waals surface area contributed by atoms with Gasteiger partial charge in [-0.15, -0.1) is 0 Å². The molecular weight excluding hydrogens is 417 g/mol. The predicted molar refractivity (Wildman–Crippen MR) is 118 cm³/mol. The second kappa shape index (κ2) is 7.70. The van der Waals surface area contributed by atoms with Gasteiger partial charge in [-0.3, -0.25) is 4.79 Å². The van der Waals surface area contributed by atoms with Crippen molar-refractivity contribution in [1.82, 2.24) is 10.3 Å². The summed E-state index contributed by atoms with van der Waals surface area (Å²) in [6.45, 7) is 7.40. The van der Waals surface area contributed by atoms with Crippen LogP contribution in [0.4, 0.5) is 5.69 Å². The average molecular weight is 436 g/mol. The fourth-order valence-electron chi connectivity index (χ4n) is 2.42. The Morgan fingerprint density at radius 1 is 1.18 bits per heavy atom. The van der Waals surface area contributed by atoms with Crippen molar-refractivity contribution in [3.8, 4) is 11.5 Å². The summed E-state index contributed by atoms with van der Waals surface area (Å²) < 4.78 is 5.82. The van der Waals surface area contributed by atoms with Gasteiger partial charge in [-0.05, 0) is 49.0 Å². The highest BCUT2D eigenvalue weighted by Crippen LogP contribution is 2.33. The van der Waals surface area contributed by atoms with E-state index in [1.807, 2.05) is 45.9 Å². The third kappa shape index (κ3) is 4.46. The second-order valence-electron chi connectivity index (χ2n) is 7.44. The van der Waals surface area contributed by atoms with E-state index in [1.165, 1.54) is 0 Å². The molecule has 0 radical (unpaired) electrons. The Balaban J connectivity index is 1.89. The number of carbonyl (C=O) groups is 1. The second-order valence-corrected chi connectivity index (χ2v) is 8.69. The smallest absolute Gasteiger partial charge is 0.231 e. The number of aryl methyl sites for hydroxylation is 1. The van der Waals surface area contributed by atoms with Gasteiger partial charge in [0.25, 0.3) is 0 Å². The van der Waals surface area contributed by atoms with E-state index in [0.29, 0.717) is 27.0 Å². The van der Waals surface area contributed by atoms with Crippen LogP contribution < -0.4 is 10.6 Å². The summed E-state index contributed by atoms with van der Waals surface area (Å²) in [5.74, 6) is 0.246. The zero-order valence-electron chi connectivity index (χ0n) is 15.8. The van der Waals surface area contributed by atoms with E-state index < -0.39 is 5.41 Å².